The van der Waals surface area contributed by atoms with Gasteiger partial charge in [0.25, 0.3) is 0 Å². The fraction of sp³-hybridized carbons (Fsp3) is 0.231. The molecule has 0 spiro atoms. The van der Waals surface area contributed by atoms with Gasteiger partial charge in [0.1, 0.15) is 10.5 Å². The number of hydrogen-bond donors (Lipinski definition) is 2. The van der Waals surface area contributed by atoms with E-state index in [1.165, 1.54) is 0 Å². The molecule has 9 heteroatoms. The summed E-state index contributed by atoms with van der Waals surface area (Å²) >= 11 is 1.05. The first-order valence-corrected chi connectivity index (χ1v) is 12.1. The molecule has 0 saturated carbocycles. The van der Waals surface area contributed by atoms with Crippen molar-refractivity contribution in [2.45, 2.75) is 34.7 Å². The van der Waals surface area contributed by atoms with Crippen LogP contribution in [0.4, 0.5) is 0 Å². The topological polar surface area (TPSA) is 138 Å². The van der Waals surface area contributed by atoms with Crippen LogP contribution in [0, 0.1) is 20.2 Å². The maximum Gasteiger partial charge on any atom is 0.310 e. The van der Waals surface area contributed by atoms with Gasteiger partial charge in [-0.3, -0.25) is 31.7 Å². The Morgan fingerprint density at radius 1 is 0.714 bits per heavy atom. The number of nitrogens with zero attached hydrogens (tertiary/aromatic N) is 2. The van der Waals surface area contributed by atoms with E-state index >= 15 is 0 Å². The largest absolute Gasteiger partial charge is 0.310 e. The summed E-state index contributed by atoms with van der Waals surface area (Å²) in [5, 5.41) is 22.9. The lowest BCUT2D eigenvalue weighted by Crippen LogP contribution is -2.62. The zero-order valence-electron chi connectivity index (χ0n) is 18.9. The van der Waals surface area contributed by atoms with Crippen molar-refractivity contribution in [3.63, 3.8) is 0 Å². The molecule has 0 radical (unpaired) electrons. The third kappa shape index (κ3) is 4.70. The molecule has 2 aliphatic carbocycles. The van der Waals surface area contributed by atoms with Gasteiger partial charge in [-0.2, -0.15) is 0 Å². The van der Waals surface area contributed by atoms with Crippen molar-refractivity contribution < 1.29 is 9.85 Å². The molecule has 2 aromatic rings. The third-order valence-corrected chi connectivity index (χ3v) is 8.05. The van der Waals surface area contributed by atoms with Crippen LogP contribution in [0.25, 0.3) is 0 Å². The van der Waals surface area contributed by atoms with E-state index in [1.807, 2.05) is 60.7 Å². The lowest BCUT2D eigenvalue weighted by atomic mass is 9.87. The van der Waals surface area contributed by atoms with Gasteiger partial charge in [0.15, 0.2) is 0 Å². The van der Waals surface area contributed by atoms with Gasteiger partial charge in [0, 0.05) is 33.8 Å². The molecule has 4 atom stereocenters. The summed E-state index contributed by atoms with van der Waals surface area (Å²) in [5.41, 5.74) is 11.7. The summed E-state index contributed by atoms with van der Waals surface area (Å²) in [4.78, 5) is 23.7. The molecule has 35 heavy (non-hydrogen) atoms. The van der Waals surface area contributed by atoms with Gasteiger partial charge in [-0.25, -0.2) is 0 Å². The van der Waals surface area contributed by atoms with Crippen molar-refractivity contribution >= 4 is 11.8 Å². The predicted molar refractivity (Wildman–Crippen MR) is 138 cm³/mol. The van der Waals surface area contributed by atoms with Crippen LogP contribution in [0.5, 0.6) is 0 Å². The van der Waals surface area contributed by atoms with Crippen molar-refractivity contribution in [3.8, 4) is 0 Å². The Kier molecular flexibility index (Phi) is 7.02. The van der Waals surface area contributed by atoms with E-state index < -0.39 is 31.7 Å². The lowest BCUT2D eigenvalue weighted by Gasteiger charge is -2.37. The lowest BCUT2D eigenvalue weighted by molar-refractivity contribution is -0.557. The third-order valence-electron chi connectivity index (χ3n) is 6.44. The van der Waals surface area contributed by atoms with Gasteiger partial charge >= 0.3 is 11.3 Å². The molecule has 2 aromatic carbocycles. The minimum absolute atomic E-state index is 0.294. The first kappa shape index (κ1) is 24.6. The second-order valence-electron chi connectivity index (χ2n) is 8.62. The molecule has 0 aliphatic heterocycles. The highest BCUT2D eigenvalue weighted by molar-refractivity contribution is 8.01. The van der Waals surface area contributed by atoms with Crippen LogP contribution in [-0.4, -0.2) is 31.7 Å². The monoisotopic (exact) mass is 490 g/mol. The summed E-state index contributed by atoms with van der Waals surface area (Å²) < 4.78 is 0. The Bertz CT molecular complexity index is 1130. The SMILES string of the molecule is NC1([N+](=O)[O-])C(Cc2ccccc2)=CC=CC1SC1C=CC=C(Cc2ccccc2)C1(N)[N+](=O)[O-]. The summed E-state index contributed by atoms with van der Waals surface area (Å²) in [7, 11) is 0. The first-order chi connectivity index (χ1) is 16.8. The molecule has 0 fully saturated rings. The summed E-state index contributed by atoms with van der Waals surface area (Å²) in [6.07, 6.45) is 10.6. The van der Waals surface area contributed by atoms with Crippen LogP contribution >= 0.6 is 11.8 Å². The molecule has 4 unspecified atom stereocenters. The van der Waals surface area contributed by atoms with Crippen molar-refractivity contribution in [1.82, 2.24) is 0 Å². The van der Waals surface area contributed by atoms with Gasteiger partial charge < -0.3 is 0 Å². The first-order valence-electron chi connectivity index (χ1n) is 11.1. The smallest absolute Gasteiger partial charge is 0.262 e. The molecule has 0 amide bonds. The molecule has 0 heterocycles. The van der Waals surface area contributed by atoms with Gasteiger partial charge in [-0.05, 0) is 11.1 Å². The Morgan fingerprint density at radius 3 is 1.43 bits per heavy atom. The van der Waals surface area contributed by atoms with E-state index in [0.29, 0.717) is 24.0 Å². The molecule has 180 valence electrons. The Balaban J connectivity index is 1.63. The molecule has 0 aromatic heterocycles. The van der Waals surface area contributed by atoms with Crippen molar-refractivity contribution in [3.05, 3.63) is 140 Å². The Morgan fingerprint density at radius 2 is 1.09 bits per heavy atom. The van der Waals surface area contributed by atoms with Crippen LogP contribution in [0.15, 0.2) is 108 Å². The number of nitro groups is 2. The minimum Gasteiger partial charge on any atom is -0.262 e. The maximum atomic E-state index is 12.3. The van der Waals surface area contributed by atoms with E-state index in [1.54, 1.807) is 36.5 Å². The summed E-state index contributed by atoms with van der Waals surface area (Å²) in [5.74, 6) is 0. The average Bonchev–Trinajstić information content (AvgIpc) is 2.85. The minimum atomic E-state index is -1.94. The highest BCUT2D eigenvalue weighted by Crippen LogP contribution is 2.42. The highest BCUT2D eigenvalue weighted by atomic mass is 32.2. The van der Waals surface area contributed by atoms with E-state index in [2.05, 4.69) is 0 Å². The molecular formula is C26H26N4O4S. The molecule has 8 nitrogen and oxygen atoms in total. The number of thioether (sulfide) groups is 1. The van der Waals surface area contributed by atoms with Crippen LogP contribution in [0.2, 0.25) is 0 Å². The normalized spacial score (nSPS) is 27.7. The van der Waals surface area contributed by atoms with Crippen LogP contribution in [0.3, 0.4) is 0 Å². The highest BCUT2D eigenvalue weighted by Gasteiger charge is 2.56. The maximum absolute atomic E-state index is 12.3. The molecule has 4 N–H and O–H groups in total. The van der Waals surface area contributed by atoms with Gasteiger partial charge in [0.05, 0.1) is 0 Å². The van der Waals surface area contributed by atoms with Crippen LogP contribution < -0.4 is 11.5 Å². The molecule has 0 saturated heterocycles. The number of allylic oxidation sites excluding steroid dienone is 4. The second-order valence-corrected chi connectivity index (χ2v) is 9.91. The quantitative estimate of drug-likeness (QED) is 0.326. The fourth-order valence-corrected chi connectivity index (χ4v) is 5.97. The number of nitrogens with two attached hydrogens (primary N) is 2. The second kappa shape index (κ2) is 9.99. The predicted octanol–water partition coefficient (Wildman–Crippen LogP) is 3.80. The van der Waals surface area contributed by atoms with Gasteiger partial charge in [-0.15, -0.1) is 11.8 Å². The summed E-state index contributed by atoms with van der Waals surface area (Å²) in [6, 6.07) is 18.7. The van der Waals surface area contributed by atoms with E-state index in [4.69, 9.17) is 11.5 Å². The van der Waals surface area contributed by atoms with Crippen LogP contribution in [-0.2, 0) is 12.8 Å². The standard InChI is InChI=1S/C26H26N4O4S/c27-25(29(31)32)21(17-19-9-3-1-4-10-19)13-7-15-23(25)35-24-16-8-14-22(26(24,28)30(33)34)18-20-11-5-2-6-12-20/h1-16,23-24H,17-18,27-28H2. The molecule has 4 rings (SSSR count). The fourth-order valence-electron chi connectivity index (χ4n) is 4.40. The number of rotatable bonds is 8. The van der Waals surface area contributed by atoms with Crippen LogP contribution in [0.1, 0.15) is 11.1 Å². The molecule has 0 bridgehead atoms. The van der Waals surface area contributed by atoms with E-state index in [0.717, 1.165) is 22.9 Å². The number of hydrogen-bond acceptors (Lipinski definition) is 7. The van der Waals surface area contributed by atoms with E-state index in [9.17, 15) is 20.2 Å². The Labute approximate surface area is 207 Å². The number of benzene rings is 2. The zero-order chi connectivity index (χ0) is 25.1. The average molecular weight is 491 g/mol. The Hall–Kier alpha value is -3.53. The van der Waals surface area contributed by atoms with Crippen molar-refractivity contribution in [1.29, 1.82) is 0 Å². The van der Waals surface area contributed by atoms with E-state index in [-0.39, 0.29) is 0 Å². The van der Waals surface area contributed by atoms with Crippen molar-refractivity contribution in [2.24, 2.45) is 11.5 Å². The zero-order valence-corrected chi connectivity index (χ0v) is 19.7. The van der Waals surface area contributed by atoms with Gasteiger partial charge in [0.2, 0.25) is 0 Å². The van der Waals surface area contributed by atoms with Crippen molar-refractivity contribution in [2.75, 3.05) is 0 Å². The molecular weight excluding hydrogens is 464 g/mol. The molecule has 2 aliphatic rings. The van der Waals surface area contributed by atoms with Gasteiger partial charge in [-0.1, -0.05) is 97.1 Å². The summed E-state index contributed by atoms with van der Waals surface area (Å²) in [6.45, 7) is 0.